The lowest BCUT2D eigenvalue weighted by Gasteiger charge is -2.11. The second-order valence-electron chi connectivity index (χ2n) is 6.53. The van der Waals surface area contributed by atoms with E-state index in [2.05, 4.69) is 15.8 Å². The zero-order valence-electron chi connectivity index (χ0n) is 17.7. The van der Waals surface area contributed by atoms with E-state index in [0.29, 0.717) is 35.1 Å². The first-order chi connectivity index (χ1) is 15.6. The van der Waals surface area contributed by atoms with Gasteiger partial charge in [-0.15, -0.1) is 0 Å². The molecule has 0 fully saturated rings. The molecule has 0 saturated heterocycles. The number of benzene rings is 3. The van der Waals surface area contributed by atoms with Crippen molar-refractivity contribution in [3.8, 4) is 17.2 Å². The molecule has 2 N–H and O–H groups in total. The first-order valence-corrected chi connectivity index (χ1v) is 9.73. The maximum absolute atomic E-state index is 12.2. The standard InChI is InChI=1S/C24H23N3O5/c1-30-19-12-13-22(31-2)20(14-19)26-23(28)24(29)27-25-15-18-10-6-7-11-21(18)32-16-17-8-4-3-5-9-17/h3-15H,16H2,1-2H3,(H,26,28)(H,27,29)/b25-15-. The lowest BCUT2D eigenvalue weighted by Crippen LogP contribution is -2.32. The molecular formula is C24H23N3O5. The fourth-order valence-corrected chi connectivity index (χ4v) is 2.76. The molecule has 8 nitrogen and oxygen atoms in total. The highest BCUT2D eigenvalue weighted by molar-refractivity contribution is 6.39. The fourth-order valence-electron chi connectivity index (χ4n) is 2.76. The van der Waals surface area contributed by atoms with Crippen molar-refractivity contribution in [2.45, 2.75) is 6.61 Å². The van der Waals surface area contributed by atoms with E-state index < -0.39 is 11.8 Å². The molecule has 164 valence electrons. The van der Waals surface area contributed by atoms with Gasteiger partial charge in [0, 0.05) is 11.6 Å². The Morgan fingerprint density at radius 3 is 2.38 bits per heavy atom. The van der Waals surface area contributed by atoms with Crippen LogP contribution in [0.1, 0.15) is 11.1 Å². The average Bonchev–Trinajstić information content (AvgIpc) is 2.83. The highest BCUT2D eigenvalue weighted by atomic mass is 16.5. The molecule has 32 heavy (non-hydrogen) atoms. The second-order valence-corrected chi connectivity index (χ2v) is 6.53. The van der Waals surface area contributed by atoms with Crippen molar-refractivity contribution < 1.29 is 23.8 Å². The maximum atomic E-state index is 12.2. The molecule has 0 radical (unpaired) electrons. The number of methoxy groups -OCH3 is 2. The summed E-state index contributed by atoms with van der Waals surface area (Å²) in [6.45, 7) is 0.392. The third-order valence-electron chi connectivity index (χ3n) is 4.39. The number of hydrazone groups is 1. The van der Waals surface area contributed by atoms with Crippen LogP contribution in [0, 0.1) is 0 Å². The van der Waals surface area contributed by atoms with Gasteiger partial charge in [-0.05, 0) is 29.8 Å². The number of carbonyl (C=O) groups is 2. The van der Waals surface area contributed by atoms with E-state index in [1.54, 1.807) is 30.3 Å². The summed E-state index contributed by atoms with van der Waals surface area (Å²) < 4.78 is 16.2. The van der Waals surface area contributed by atoms with Gasteiger partial charge in [-0.3, -0.25) is 9.59 Å². The van der Waals surface area contributed by atoms with Crippen LogP contribution in [-0.4, -0.2) is 32.2 Å². The average molecular weight is 433 g/mol. The molecule has 3 aromatic rings. The Bertz CT molecular complexity index is 1100. The minimum Gasteiger partial charge on any atom is -0.497 e. The van der Waals surface area contributed by atoms with E-state index in [-0.39, 0.29) is 0 Å². The number of rotatable bonds is 8. The van der Waals surface area contributed by atoms with Gasteiger partial charge < -0.3 is 19.5 Å². The van der Waals surface area contributed by atoms with Gasteiger partial charge in [-0.25, -0.2) is 5.43 Å². The smallest absolute Gasteiger partial charge is 0.329 e. The first-order valence-electron chi connectivity index (χ1n) is 9.73. The van der Waals surface area contributed by atoms with Crippen LogP contribution in [0.5, 0.6) is 17.2 Å². The van der Waals surface area contributed by atoms with Gasteiger partial charge in [-0.1, -0.05) is 42.5 Å². The monoisotopic (exact) mass is 433 g/mol. The molecule has 8 heteroatoms. The van der Waals surface area contributed by atoms with E-state index in [0.717, 1.165) is 5.56 Å². The topological polar surface area (TPSA) is 98.2 Å². The van der Waals surface area contributed by atoms with E-state index in [4.69, 9.17) is 14.2 Å². The molecule has 3 rings (SSSR count). The van der Waals surface area contributed by atoms with Crippen LogP contribution < -0.4 is 25.0 Å². The molecule has 0 aromatic heterocycles. The van der Waals surface area contributed by atoms with Gasteiger partial charge in [0.25, 0.3) is 0 Å². The first kappa shape index (κ1) is 22.4. The summed E-state index contributed by atoms with van der Waals surface area (Å²) >= 11 is 0. The third kappa shape index (κ3) is 6.09. The van der Waals surface area contributed by atoms with Gasteiger partial charge in [-0.2, -0.15) is 5.10 Å². The van der Waals surface area contributed by atoms with Crippen LogP contribution in [0.15, 0.2) is 77.9 Å². The summed E-state index contributed by atoms with van der Waals surface area (Å²) in [5.74, 6) is -0.345. The number of nitrogens with one attached hydrogen (secondary N) is 2. The summed E-state index contributed by atoms with van der Waals surface area (Å²) in [5.41, 5.74) is 4.19. The number of hydrogen-bond donors (Lipinski definition) is 2. The molecule has 0 aliphatic heterocycles. The Kier molecular flexibility index (Phi) is 7.80. The lowest BCUT2D eigenvalue weighted by atomic mass is 10.2. The predicted octanol–water partition coefficient (Wildman–Crippen LogP) is 3.37. The van der Waals surface area contributed by atoms with Gasteiger partial charge in [0.05, 0.1) is 26.1 Å². The van der Waals surface area contributed by atoms with Crippen molar-refractivity contribution in [2.24, 2.45) is 5.10 Å². The van der Waals surface area contributed by atoms with Gasteiger partial charge in [0.2, 0.25) is 0 Å². The van der Waals surface area contributed by atoms with Crippen molar-refractivity contribution in [3.05, 3.63) is 83.9 Å². The van der Waals surface area contributed by atoms with Crippen molar-refractivity contribution >= 4 is 23.7 Å². The zero-order chi connectivity index (χ0) is 22.8. The van der Waals surface area contributed by atoms with E-state index >= 15 is 0 Å². The molecule has 0 bridgehead atoms. The Labute approximate surface area is 185 Å². The third-order valence-corrected chi connectivity index (χ3v) is 4.39. The highest BCUT2D eigenvalue weighted by Crippen LogP contribution is 2.28. The molecule has 3 aromatic carbocycles. The van der Waals surface area contributed by atoms with Crippen LogP contribution in [0.2, 0.25) is 0 Å². The Morgan fingerprint density at radius 1 is 0.875 bits per heavy atom. The number of ether oxygens (including phenoxy) is 3. The maximum Gasteiger partial charge on any atom is 0.329 e. The van der Waals surface area contributed by atoms with Crippen LogP contribution in [0.4, 0.5) is 5.69 Å². The lowest BCUT2D eigenvalue weighted by molar-refractivity contribution is -0.136. The van der Waals surface area contributed by atoms with E-state index in [1.165, 1.54) is 20.4 Å². The molecule has 0 aliphatic carbocycles. The van der Waals surface area contributed by atoms with Gasteiger partial charge in [0.1, 0.15) is 23.9 Å². The molecule has 0 heterocycles. The molecular weight excluding hydrogens is 410 g/mol. The molecule has 2 amide bonds. The fraction of sp³-hybridized carbons (Fsp3) is 0.125. The minimum atomic E-state index is -0.936. The SMILES string of the molecule is COc1ccc(OC)c(NC(=O)C(=O)N/N=C\c2ccccc2OCc2ccccc2)c1. The normalized spacial score (nSPS) is 10.4. The van der Waals surface area contributed by atoms with Crippen LogP contribution in [0.3, 0.4) is 0 Å². The second kappa shape index (κ2) is 11.2. The van der Waals surface area contributed by atoms with Crippen LogP contribution >= 0.6 is 0 Å². The summed E-state index contributed by atoms with van der Waals surface area (Å²) in [6.07, 6.45) is 1.41. The van der Waals surface area contributed by atoms with Gasteiger partial charge >= 0.3 is 11.8 Å². The van der Waals surface area contributed by atoms with E-state index in [1.807, 2.05) is 42.5 Å². The predicted molar refractivity (Wildman–Crippen MR) is 121 cm³/mol. The van der Waals surface area contributed by atoms with Crippen molar-refractivity contribution in [2.75, 3.05) is 19.5 Å². The number of amides is 2. The number of hydrogen-bond acceptors (Lipinski definition) is 6. The quantitative estimate of drug-likeness (QED) is 0.322. The minimum absolute atomic E-state index is 0.302. The summed E-state index contributed by atoms with van der Waals surface area (Å²) in [7, 11) is 2.95. The molecule has 0 spiro atoms. The summed E-state index contributed by atoms with van der Waals surface area (Å²) in [6, 6.07) is 21.8. The zero-order valence-corrected chi connectivity index (χ0v) is 17.7. The number of nitrogens with zero attached hydrogens (tertiary/aromatic N) is 1. The summed E-state index contributed by atoms with van der Waals surface area (Å²) in [5, 5.41) is 6.35. The molecule has 0 aliphatic rings. The Hall–Kier alpha value is -4.33. The van der Waals surface area contributed by atoms with E-state index in [9.17, 15) is 9.59 Å². The number of para-hydroxylation sites is 1. The van der Waals surface area contributed by atoms with Gasteiger partial charge in [0.15, 0.2) is 0 Å². The van der Waals surface area contributed by atoms with Crippen LogP contribution in [0.25, 0.3) is 0 Å². The molecule has 0 saturated carbocycles. The molecule has 0 atom stereocenters. The Balaban J connectivity index is 1.60. The van der Waals surface area contributed by atoms with Crippen molar-refractivity contribution in [3.63, 3.8) is 0 Å². The van der Waals surface area contributed by atoms with Crippen molar-refractivity contribution in [1.82, 2.24) is 5.43 Å². The molecule has 0 unspecified atom stereocenters. The largest absolute Gasteiger partial charge is 0.497 e. The Morgan fingerprint density at radius 2 is 1.62 bits per heavy atom. The van der Waals surface area contributed by atoms with Crippen molar-refractivity contribution in [1.29, 1.82) is 0 Å². The van der Waals surface area contributed by atoms with Crippen LogP contribution in [-0.2, 0) is 16.2 Å². The number of carbonyl (C=O) groups excluding carboxylic acids is 2. The summed E-state index contributed by atoms with van der Waals surface area (Å²) in [4.78, 5) is 24.4. The number of anilines is 1. The highest BCUT2D eigenvalue weighted by Gasteiger charge is 2.16.